The summed E-state index contributed by atoms with van der Waals surface area (Å²) in [6.07, 6.45) is 9.68. The molecule has 0 bridgehead atoms. The number of methoxy groups -OCH3 is 1. The van der Waals surface area contributed by atoms with Gasteiger partial charge in [0, 0.05) is 18.7 Å². The number of rotatable bonds is 9. The number of carbonyl (C=O) groups is 3. The molecule has 2 aromatic carbocycles. The van der Waals surface area contributed by atoms with E-state index in [4.69, 9.17) is 27.4 Å². The predicted octanol–water partition coefficient (Wildman–Crippen LogP) is 3.69. The Morgan fingerprint density at radius 3 is 1.92 bits per heavy atom. The van der Waals surface area contributed by atoms with Crippen LogP contribution in [0.25, 0.3) is 11.1 Å². The Morgan fingerprint density at radius 2 is 1.54 bits per heavy atom. The second kappa shape index (κ2) is 22.1. The molecule has 37 heavy (non-hydrogen) atoms. The largest absolute Gasteiger partial charge is 0.480 e. The maximum absolute atomic E-state index is 10.5. The number of aldehydes is 1. The predicted molar refractivity (Wildman–Crippen MR) is 146 cm³/mol. The maximum atomic E-state index is 10.5. The van der Waals surface area contributed by atoms with E-state index in [1.807, 2.05) is 42.5 Å². The minimum atomic E-state index is -0.933. The van der Waals surface area contributed by atoms with Gasteiger partial charge in [-0.1, -0.05) is 80.3 Å². The van der Waals surface area contributed by atoms with Crippen molar-refractivity contribution in [1.82, 2.24) is 0 Å². The minimum Gasteiger partial charge on any atom is -0.480 e. The van der Waals surface area contributed by atoms with E-state index in [2.05, 4.69) is 16.9 Å². The third-order valence-electron chi connectivity index (χ3n) is 5.36. The van der Waals surface area contributed by atoms with Gasteiger partial charge >= 0.3 is 11.9 Å². The summed E-state index contributed by atoms with van der Waals surface area (Å²) in [5.74, 6) is -1.87. The zero-order valence-corrected chi connectivity index (χ0v) is 21.8. The molecule has 9 nitrogen and oxygen atoms in total. The van der Waals surface area contributed by atoms with Crippen LogP contribution in [-0.4, -0.2) is 60.8 Å². The van der Waals surface area contributed by atoms with Gasteiger partial charge in [0.15, 0.2) is 0 Å². The lowest BCUT2D eigenvalue weighted by Gasteiger charge is -2.15. The molecule has 1 unspecified atom stereocenters. The fourth-order valence-electron chi connectivity index (χ4n) is 3.27. The van der Waals surface area contributed by atoms with E-state index in [1.54, 1.807) is 0 Å². The number of hydrogen-bond acceptors (Lipinski definition) is 7. The summed E-state index contributed by atoms with van der Waals surface area (Å²) in [5.41, 5.74) is 19.1. The normalized spacial score (nSPS) is 13.3. The number of nitrogens with two attached hydrogens (primary N) is 3. The van der Waals surface area contributed by atoms with E-state index in [0.29, 0.717) is 24.6 Å². The van der Waals surface area contributed by atoms with E-state index >= 15 is 0 Å². The van der Waals surface area contributed by atoms with Gasteiger partial charge in [-0.3, -0.25) is 9.59 Å². The lowest BCUT2D eigenvalue weighted by Crippen LogP contribution is -2.29. The molecule has 0 amide bonds. The number of carboxylic acid groups (broad SMARTS) is 2. The first-order chi connectivity index (χ1) is 17.7. The Balaban J connectivity index is 0.000000497. The molecule has 1 aliphatic carbocycles. The Labute approximate surface area is 220 Å². The Hall–Kier alpha value is -3.11. The average Bonchev–Trinajstić information content (AvgIpc) is 2.91. The van der Waals surface area contributed by atoms with E-state index in [1.165, 1.54) is 44.8 Å². The molecule has 0 saturated heterocycles. The molecule has 0 radical (unpaired) electrons. The molecule has 1 aliphatic rings. The summed E-state index contributed by atoms with van der Waals surface area (Å²) < 4.78 is 4.20. The molecule has 1 saturated carbocycles. The number of unbranched alkanes of at least 4 members (excludes halogenated alkanes) is 1. The lowest BCUT2D eigenvalue weighted by atomic mass is 9.97. The van der Waals surface area contributed by atoms with Crippen LogP contribution >= 0.6 is 0 Å². The van der Waals surface area contributed by atoms with Crippen LogP contribution in [0.15, 0.2) is 54.6 Å². The highest BCUT2D eigenvalue weighted by molar-refractivity contribution is 5.76. The summed E-state index contributed by atoms with van der Waals surface area (Å²) >= 11 is 0. The van der Waals surface area contributed by atoms with Gasteiger partial charge in [-0.25, -0.2) is 4.79 Å². The van der Waals surface area contributed by atoms with Gasteiger partial charge in [-0.15, -0.1) is 0 Å². The van der Waals surface area contributed by atoms with Crippen molar-refractivity contribution in [2.45, 2.75) is 63.5 Å². The first-order valence-corrected chi connectivity index (χ1v) is 12.5. The molecule has 0 aliphatic heterocycles. The third-order valence-corrected chi connectivity index (χ3v) is 5.36. The Morgan fingerprint density at radius 1 is 0.973 bits per heavy atom. The maximum Gasteiger partial charge on any atom is 0.329 e. The van der Waals surface area contributed by atoms with Gasteiger partial charge in [-0.2, -0.15) is 0 Å². The van der Waals surface area contributed by atoms with E-state index in [0.717, 1.165) is 24.7 Å². The topological polar surface area (TPSA) is 179 Å². The number of benzene rings is 2. The van der Waals surface area contributed by atoms with Crippen LogP contribution < -0.4 is 17.2 Å². The Bertz CT molecular complexity index is 856. The fraction of sp³-hybridized carbons (Fsp3) is 0.464. The van der Waals surface area contributed by atoms with E-state index in [-0.39, 0.29) is 6.61 Å². The zero-order valence-electron chi connectivity index (χ0n) is 21.8. The van der Waals surface area contributed by atoms with Gasteiger partial charge in [-0.05, 0) is 43.4 Å². The molecule has 1 atom stereocenters. The van der Waals surface area contributed by atoms with Crippen LogP contribution in [0, 0.1) is 0 Å². The summed E-state index contributed by atoms with van der Waals surface area (Å²) in [5, 5.41) is 16.1. The second-order valence-corrected chi connectivity index (χ2v) is 8.56. The van der Waals surface area contributed by atoms with Crippen molar-refractivity contribution in [2.75, 3.05) is 20.3 Å². The van der Waals surface area contributed by atoms with Crippen molar-refractivity contribution in [3.05, 3.63) is 60.2 Å². The number of carbonyl (C=O) groups excluding carboxylic acids is 1. The molecular formula is C28H43N3O6. The quantitative estimate of drug-likeness (QED) is 0.245. The van der Waals surface area contributed by atoms with Crippen LogP contribution in [0.2, 0.25) is 0 Å². The summed E-state index contributed by atoms with van der Waals surface area (Å²) in [7, 11) is 1.34. The van der Waals surface area contributed by atoms with E-state index < -0.39 is 18.0 Å². The molecule has 2 aromatic rings. The smallest absolute Gasteiger partial charge is 0.329 e. The number of ether oxygens (including phenoxy) is 1. The van der Waals surface area contributed by atoms with Crippen molar-refractivity contribution < 1.29 is 29.3 Å². The molecule has 1 fully saturated rings. The van der Waals surface area contributed by atoms with E-state index in [9.17, 15) is 14.4 Å². The lowest BCUT2D eigenvalue weighted by molar-refractivity contribution is -0.141. The van der Waals surface area contributed by atoms with Crippen molar-refractivity contribution in [3.8, 4) is 11.1 Å². The van der Waals surface area contributed by atoms with Crippen LogP contribution in [0.4, 0.5) is 0 Å². The SMILES string of the molecule is COCC(=O)O.NC1CCCCC1.NCCCCC(N)C(=O)O.O=Cc1ccc(-c2ccccc2)cc1. The number of aliphatic carboxylic acids is 2. The highest BCUT2D eigenvalue weighted by Gasteiger charge is 2.09. The summed E-state index contributed by atoms with van der Waals surface area (Å²) in [6.45, 7) is 0.395. The van der Waals surface area contributed by atoms with Crippen LogP contribution in [0.1, 0.15) is 61.7 Å². The van der Waals surface area contributed by atoms with Crippen LogP contribution in [0.3, 0.4) is 0 Å². The van der Waals surface area contributed by atoms with Gasteiger partial charge in [0.1, 0.15) is 18.9 Å². The second-order valence-electron chi connectivity index (χ2n) is 8.56. The highest BCUT2D eigenvalue weighted by Crippen LogP contribution is 2.18. The molecule has 8 N–H and O–H groups in total. The standard InChI is InChI=1S/C13H10O.C6H14N2O2.C6H13N.C3H6O3/c14-10-11-6-8-13(9-7-11)12-4-2-1-3-5-12;7-4-2-1-3-5(8)6(9)10;7-6-4-2-1-3-5-6;1-6-2-3(4)5/h1-10H;5H,1-4,7-8H2,(H,9,10);6H,1-5,7H2;2H2,1H3,(H,4,5). The van der Waals surface area contributed by atoms with Crippen molar-refractivity contribution >= 4 is 18.2 Å². The Kier molecular flexibility index (Phi) is 20.3. The zero-order chi connectivity index (χ0) is 27.9. The van der Waals surface area contributed by atoms with Gasteiger partial charge in [0.05, 0.1) is 0 Å². The van der Waals surface area contributed by atoms with Gasteiger partial charge in [0.2, 0.25) is 0 Å². The van der Waals surface area contributed by atoms with Crippen LogP contribution in [0.5, 0.6) is 0 Å². The molecule has 3 rings (SSSR count). The molecule has 0 aromatic heterocycles. The molecule has 9 heteroatoms. The molecule has 206 valence electrons. The highest BCUT2D eigenvalue weighted by atomic mass is 16.5. The molecule has 0 heterocycles. The van der Waals surface area contributed by atoms with Crippen LogP contribution in [-0.2, 0) is 14.3 Å². The first kappa shape index (κ1) is 33.9. The fourth-order valence-corrected chi connectivity index (χ4v) is 3.27. The van der Waals surface area contributed by atoms with Crippen molar-refractivity contribution in [1.29, 1.82) is 0 Å². The molecule has 0 spiro atoms. The first-order valence-electron chi connectivity index (χ1n) is 12.5. The number of carboxylic acids is 2. The molecular weight excluding hydrogens is 474 g/mol. The number of hydrogen-bond donors (Lipinski definition) is 5. The summed E-state index contributed by atoms with van der Waals surface area (Å²) in [6, 6.07) is 17.5. The van der Waals surface area contributed by atoms with Gasteiger partial charge in [0.25, 0.3) is 0 Å². The van der Waals surface area contributed by atoms with Crippen molar-refractivity contribution in [3.63, 3.8) is 0 Å². The summed E-state index contributed by atoms with van der Waals surface area (Å²) in [4.78, 5) is 30.1. The minimum absolute atomic E-state index is 0.208. The third kappa shape index (κ3) is 18.8. The average molecular weight is 518 g/mol. The van der Waals surface area contributed by atoms with Gasteiger partial charge < -0.3 is 32.2 Å². The van der Waals surface area contributed by atoms with Crippen molar-refractivity contribution in [2.24, 2.45) is 17.2 Å². The monoisotopic (exact) mass is 517 g/mol.